The van der Waals surface area contributed by atoms with E-state index in [0.29, 0.717) is 22.3 Å². The third kappa shape index (κ3) is 5.26. The molecule has 2 aliphatic heterocycles. The predicted octanol–water partition coefficient (Wildman–Crippen LogP) is 3.84. The van der Waals surface area contributed by atoms with Crippen LogP contribution in [0.25, 0.3) is 6.08 Å². The molecule has 4 rings (SSSR count). The van der Waals surface area contributed by atoms with Gasteiger partial charge in [-0.1, -0.05) is 30.0 Å². The highest BCUT2D eigenvalue weighted by molar-refractivity contribution is 8.26. The van der Waals surface area contributed by atoms with Crippen LogP contribution in [0, 0.1) is 18.3 Å². The van der Waals surface area contributed by atoms with Gasteiger partial charge in [-0.05, 0) is 49.3 Å². The van der Waals surface area contributed by atoms with Crippen LogP contribution in [0.2, 0.25) is 0 Å². The third-order valence-electron chi connectivity index (χ3n) is 5.96. The lowest BCUT2D eigenvalue weighted by Crippen LogP contribution is -2.31. The average molecular weight is 530 g/mol. The second-order valence-corrected chi connectivity index (χ2v) is 10.9. The lowest BCUT2D eigenvalue weighted by Gasteiger charge is -2.18. The summed E-state index contributed by atoms with van der Waals surface area (Å²) in [6, 6.07) is 5.69. The lowest BCUT2D eigenvalue weighted by atomic mass is 9.99. The van der Waals surface area contributed by atoms with Gasteiger partial charge in [0.15, 0.2) is 5.78 Å². The second-order valence-electron chi connectivity index (χ2n) is 8.24. The van der Waals surface area contributed by atoms with Crippen LogP contribution < -0.4 is 5.56 Å². The minimum Gasteiger partial charge on any atom is -0.494 e. The number of carbonyl (C=O) groups excluding carboxylic acids is 2. The molecule has 1 unspecified atom stereocenters. The summed E-state index contributed by atoms with van der Waals surface area (Å²) in [4.78, 5) is 41.6. The summed E-state index contributed by atoms with van der Waals surface area (Å²) in [5.74, 6) is -1.05. The molecule has 2 aromatic rings. The maximum atomic E-state index is 13.1. The summed E-state index contributed by atoms with van der Waals surface area (Å²) < 4.78 is 7.05. The molecule has 8 nitrogen and oxygen atoms in total. The third-order valence-corrected chi connectivity index (χ3v) is 8.16. The van der Waals surface area contributed by atoms with Crippen LogP contribution in [0.1, 0.15) is 52.0 Å². The number of thiophene rings is 1. The number of aromatic nitrogens is 1. The van der Waals surface area contributed by atoms with E-state index >= 15 is 0 Å². The molecule has 2 fully saturated rings. The molecule has 0 radical (unpaired) electrons. The first-order chi connectivity index (χ1) is 16.8. The van der Waals surface area contributed by atoms with E-state index in [1.807, 2.05) is 23.6 Å². The topological polar surface area (TPSA) is 113 Å². The van der Waals surface area contributed by atoms with Crippen molar-refractivity contribution in [2.75, 3.05) is 13.2 Å². The van der Waals surface area contributed by atoms with Gasteiger partial charge < -0.3 is 9.84 Å². The number of nitriles is 1. The number of thioether (sulfide) groups is 1. The predicted molar refractivity (Wildman–Crippen MR) is 139 cm³/mol. The standard InChI is InChI=1S/C24H23N3O5S3/c1-14-17(12-25)21(29)27(13-15-5-3-9-32-15)23(31)20(14)18(28)7-2-8-26-22(30)19(35-24(26)33)11-16-6-4-10-34-16/h4,6,10-11,15,31H,2-3,5,7-9,13H2,1H3/b19-11-. The first-order valence-electron chi connectivity index (χ1n) is 11.1. The zero-order valence-electron chi connectivity index (χ0n) is 19.0. The number of nitrogens with zero attached hydrogens (tertiary/aromatic N) is 3. The van der Waals surface area contributed by atoms with E-state index in [2.05, 4.69) is 0 Å². The number of hydrogen-bond acceptors (Lipinski definition) is 9. The van der Waals surface area contributed by atoms with Crippen molar-refractivity contribution in [3.8, 4) is 11.9 Å². The van der Waals surface area contributed by atoms with E-state index in [9.17, 15) is 24.8 Å². The Morgan fingerprint density at radius 1 is 1.43 bits per heavy atom. The molecule has 1 atom stereocenters. The lowest BCUT2D eigenvalue weighted by molar-refractivity contribution is -0.122. The smallest absolute Gasteiger partial charge is 0.271 e. The van der Waals surface area contributed by atoms with Gasteiger partial charge in [0.1, 0.15) is 16.0 Å². The van der Waals surface area contributed by atoms with Crippen molar-refractivity contribution in [2.45, 2.75) is 45.3 Å². The van der Waals surface area contributed by atoms with Crippen LogP contribution in [-0.4, -0.2) is 49.8 Å². The van der Waals surface area contributed by atoms with Gasteiger partial charge in [-0.25, -0.2) is 0 Å². The van der Waals surface area contributed by atoms with Crippen molar-refractivity contribution in [2.24, 2.45) is 0 Å². The Morgan fingerprint density at radius 2 is 2.23 bits per heavy atom. The second kappa shape index (κ2) is 10.9. The molecule has 2 saturated heterocycles. The van der Waals surface area contributed by atoms with Crippen LogP contribution in [0.5, 0.6) is 5.88 Å². The number of hydrogen-bond donors (Lipinski definition) is 1. The van der Waals surface area contributed by atoms with Crippen molar-refractivity contribution >= 4 is 57.4 Å². The first-order valence-corrected chi connectivity index (χ1v) is 13.2. The largest absolute Gasteiger partial charge is 0.494 e. The highest BCUT2D eigenvalue weighted by Gasteiger charge is 2.32. The Labute approximate surface area is 215 Å². The van der Waals surface area contributed by atoms with Gasteiger partial charge >= 0.3 is 0 Å². The first kappa shape index (κ1) is 25.3. The van der Waals surface area contributed by atoms with Crippen LogP contribution in [0.4, 0.5) is 0 Å². The number of rotatable bonds is 8. The molecular weight excluding hydrogens is 506 g/mol. The highest BCUT2D eigenvalue weighted by Crippen LogP contribution is 2.33. The molecule has 0 bridgehead atoms. The zero-order valence-corrected chi connectivity index (χ0v) is 21.4. The molecule has 35 heavy (non-hydrogen) atoms. The molecule has 0 aliphatic carbocycles. The molecule has 1 N–H and O–H groups in total. The van der Waals surface area contributed by atoms with Crippen molar-refractivity contribution in [1.29, 1.82) is 5.26 Å². The summed E-state index contributed by atoms with van der Waals surface area (Å²) in [5.41, 5.74) is -0.681. The quantitative estimate of drug-likeness (QED) is 0.312. The number of Topliss-reactive ketones (excluding diaryl/α,β-unsaturated/α-hetero) is 1. The maximum absolute atomic E-state index is 13.1. The van der Waals surface area contributed by atoms with E-state index in [4.69, 9.17) is 17.0 Å². The molecule has 0 spiro atoms. The van der Waals surface area contributed by atoms with E-state index in [1.54, 1.807) is 6.08 Å². The summed E-state index contributed by atoms with van der Waals surface area (Å²) in [5, 5.41) is 22.3. The number of carbonyl (C=O) groups is 2. The number of pyridine rings is 1. The van der Waals surface area contributed by atoms with Gasteiger partial charge in [-0.15, -0.1) is 11.3 Å². The van der Waals surface area contributed by atoms with Crippen LogP contribution in [0.15, 0.2) is 27.2 Å². The Balaban J connectivity index is 1.48. The molecule has 1 amide bonds. The summed E-state index contributed by atoms with van der Waals surface area (Å²) >= 11 is 8.11. The minimum absolute atomic E-state index is 0.0123. The Morgan fingerprint density at radius 3 is 2.89 bits per heavy atom. The number of ether oxygens (including phenoxy) is 1. The van der Waals surface area contributed by atoms with Gasteiger partial charge in [0.2, 0.25) is 5.88 Å². The number of thiocarbonyl (C=S) groups is 1. The average Bonchev–Trinajstić information content (AvgIpc) is 3.57. The summed E-state index contributed by atoms with van der Waals surface area (Å²) in [7, 11) is 0. The number of ketones is 1. The summed E-state index contributed by atoms with van der Waals surface area (Å²) in [6.45, 7) is 2.38. The Kier molecular flexibility index (Phi) is 7.86. The fraction of sp³-hybridized carbons (Fsp3) is 0.375. The fourth-order valence-corrected chi connectivity index (χ4v) is 6.20. The van der Waals surface area contributed by atoms with E-state index in [0.717, 1.165) is 22.3 Å². The van der Waals surface area contributed by atoms with Crippen molar-refractivity contribution in [3.05, 3.63) is 54.3 Å². The van der Waals surface area contributed by atoms with Crippen molar-refractivity contribution in [3.63, 3.8) is 0 Å². The SMILES string of the molecule is Cc1c(C(=O)CCCN2C(=O)/C(=C/c3cccs3)SC2=S)c(O)n(CC2CCCO2)c(=O)c1C#N. The van der Waals surface area contributed by atoms with E-state index < -0.39 is 17.2 Å². The normalized spacial score (nSPS) is 19.0. The van der Waals surface area contributed by atoms with Gasteiger partial charge in [-0.2, -0.15) is 5.26 Å². The molecule has 0 saturated carbocycles. The van der Waals surface area contributed by atoms with E-state index in [-0.39, 0.29) is 48.2 Å². The zero-order chi connectivity index (χ0) is 25.1. The van der Waals surface area contributed by atoms with Crippen molar-refractivity contribution in [1.82, 2.24) is 9.47 Å². The molecular formula is C24H23N3O5S3. The summed E-state index contributed by atoms with van der Waals surface area (Å²) in [6.07, 6.45) is 3.45. The van der Waals surface area contributed by atoms with Gasteiger partial charge in [0, 0.05) is 24.4 Å². The number of aromatic hydroxyl groups is 1. The van der Waals surface area contributed by atoms with Crippen LogP contribution in [0.3, 0.4) is 0 Å². The molecule has 2 aromatic heterocycles. The molecule has 182 valence electrons. The van der Waals surface area contributed by atoms with Crippen LogP contribution in [-0.2, 0) is 16.1 Å². The molecule has 4 heterocycles. The highest BCUT2D eigenvalue weighted by atomic mass is 32.2. The van der Waals surface area contributed by atoms with E-state index in [1.165, 1.54) is 34.9 Å². The Hall–Kier alpha value is -2.78. The van der Waals surface area contributed by atoms with Crippen molar-refractivity contribution < 1.29 is 19.4 Å². The van der Waals surface area contributed by atoms with Crippen LogP contribution >= 0.6 is 35.3 Å². The molecule has 11 heteroatoms. The maximum Gasteiger partial charge on any atom is 0.271 e. The van der Waals surface area contributed by atoms with Gasteiger partial charge in [0.05, 0.1) is 23.1 Å². The molecule has 0 aromatic carbocycles. The minimum atomic E-state index is -0.635. The van der Waals surface area contributed by atoms with Gasteiger partial charge in [0.25, 0.3) is 11.5 Å². The molecule has 2 aliphatic rings. The monoisotopic (exact) mass is 529 g/mol. The Bertz CT molecular complexity index is 1300. The number of amides is 1. The fourth-order valence-electron chi connectivity index (χ4n) is 4.16. The van der Waals surface area contributed by atoms with Gasteiger partial charge in [-0.3, -0.25) is 23.9 Å².